The van der Waals surface area contributed by atoms with Crippen molar-refractivity contribution >= 4 is 23.2 Å². The number of anilines is 2. The van der Waals surface area contributed by atoms with Crippen molar-refractivity contribution in [1.29, 1.82) is 0 Å². The number of para-hydroxylation sites is 2. The van der Waals surface area contributed by atoms with Crippen LogP contribution in [-0.2, 0) is 4.74 Å². The van der Waals surface area contributed by atoms with E-state index in [0.29, 0.717) is 17.7 Å². The molecule has 0 aromatic heterocycles. The number of hydrogen-bond acceptors (Lipinski definition) is 3. The molecule has 1 fully saturated rings. The van der Waals surface area contributed by atoms with Gasteiger partial charge in [0.25, 0.3) is 11.8 Å². The normalized spacial score (nSPS) is 15.5. The predicted molar refractivity (Wildman–Crippen MR) is 117 cm³/mol. The van der Waals surface area contributed by atoms with Gasteiger partial charge in [-0.3, -0.25) is 14.5 Å². The minimum atomic E-state index is -0.268. The first-order valence-electron chi connectivity index (χ1n) is 10.2. The lowest BCUT2D eigenvalue weighted by atomic mass is 10.0. The van der Waals surface area contributed by atoms with Gasteiger partial charge in [0.2, 0.25) is 0 Å². The molecule has 4 rings (SSSR count). The molecule has 1 aliphatic heterocycles. The third kappa shape index (κ3) is 4.42. The minimum absolute atomic E-state index is 0.0435. The van der Waals surface area contributed by atoms with Gasteiger partial charge in [-0.05, 0) is 49.2 Å². The molecule has 1 saturated heterocycles. The summed E-state index contributed by atoms with van der Waals surface area (Å²) in [6.45, 7) is 1.18. The van der Waals surface area contributed by atoms with Crippen LogP contribution < -0.4 is 10.2 Å². The molecule has 3 aromatic carbocycles. The molecular formula is C25H24N2O3. The van der Waals surface area contributed by atoms with E-state index in [4.69, 9.17) is 4.74 Å². The summed E-state index contributed by atoms with van der Waals surface area (Å²) in [6.07, 6.45) is 2.00. The number of carbonyl (C=O) groups is 2. The van der Waals surface area contributed by atoms with Crippen LogP contribution >= 0.6 is 0 Å². The molecule has 152 valence electrons. The summed E-state index contributed by atoms with van der Waals surface area (Å²) in [4.78, 5) is 28.2. The fourth-order valence-electron chi connectivity index (χ4n) is 3.63. The van der Waals surface area contributed by atoms with Crippen molar-refractivity contribution in [2.45, 2.75) is 18.9 Å². The largest absolute Gasteiger partial charge is 0.376 e. The molecule has 2 amide bonds. The number of nitrogens with zero attached hydrogens (tertiary/aromatic N) is 1. The highest BCUT2D eigenvalue weighted by Crippen LogP contribution is 2.28. The van der Waals surface area contributed by atoms with Gasteiger partial charge in [0.1, 0.15) is 0 Å². The number of carbonyl (C=O) groups excluding carboxylic acids is 2. The summed E-state index contributed by atoms with van der Waals surface area (Å²) in [7, 11) is 0. The third-order valence-corrected chi connectivity index (χ3v) is 5.15. The van der Waals surface area contributed by atoms with Crippen LogP contribution in [0.5, 0.6) is 0 Å². The first-order chi connectivity index (χ1) is 14.7. The molecule has 0 spiro atoms. The molecule has 3 aromatic rings. The van der Waals surface area contributed by atoms with Crippen LogP contribution in [0.25, 0.3) is 0 Å². The lowest BCUT2D eigenvalue weighted by molar-refractivity contribution is 0.0852. The molecule has 5 nitrogen and oxygen atoms in total. The molecule has 30 heavy (non-hydrogen) atoms. The molecule has 1 heterocycles. The molecule has 1 aliphatic rings. The Morgan fingerprint density at radius 2 is 1.40 bits per heavy atom. The summed E-state index contributed by atoms with van der Waals surface area (Å²) >= 11 is 0. The Labute approximate surface area is 176 Å². The highest BCUT2D eigenvalue weighted by atomic mass is 16.5. The van der Waals surface area contributed by atoms with Gasteiger partial charge in [-0.2, -0.15) is 0 Å². The zero-order valence-corrected chi connectivity index (χ0v) is 16.7. The van der Waals surface area contributed by atoms with Crippen LogP contribution in [0.3, 0.4) is 0 Å². The van der Waals surface area contributed by atoms with E-state index < -0.39 is 0 Å². The van der Waals surface area contributed by atoms with Crippen LogP contribution in [0.1, 0.15) is 33.6 Å². The van der Waals surface area contributed by atoms with Gasteiger partial charge in [-0.25, -0.2) is 0 Å². The fourth-order valence-corrected chi connectivity index (χ4v) is 3.63. The second-order valence-electron chi connectivity index (χ2n) is 7.20. The maximum absolute atomic E-state index is 13.7. The molecule has 1 atom stereocenters. The summed E-state index contributed by atoms with van der Waals surface area (Å²) in [6, 6.07) is 25.8. The van der Waals surface area contributed by atoms with Gasteiger partial charge in [0.05, 0.1) is 17.2 Å². The number of rotatable bonds is 6. The maximum atomic E-state index is 13.7. The Morgan fingerprint density at radius 1 is 0.833 bits per heavy atom. The summed E-state index contributed by atoms with van der Waals surface area (Å²) in [5, 5.41) is 2.92. The molecule has 0 saturated carbocycles. The number of benzene rings is 3. The maximum Gasteiger partial charge on any atom is 0.263 e. The van der Waals surface area contributed by atoms with E-state index in [1.54, 1.807) is 29.2 Å². The summed E-state index contributed by atoms with van der Waals surface area (Å²) < 4.78 is 5.58. The zero-order valence-electron chi connectivity index (χ0n) is 16.7. The van der Waals surface area contributed by atoms with E-state index in [2.05, 4.69) is 5.32 Å². The topological polar surface area (TPSA) is 58.6 Å². The zero-order chi connectivity index (χ0) is 20.8. The van der Waals surface area contributed by atoms with Crippen molar-refractivity contribution in [2.75, 3.05) is 18.1 Å². The van der Waals surface area contributed by atoms with E-state index in [0.717, 1.165) is 30.8 Å². The number of nitrogens with one attached hydrogen (secondary N) is 1. The van der Waals surface area contributed by atoms with Crippen molar-refractivity contribution in [3.63, 3.8) is 0 Å². The molecule has 0 aliphatic carbocycles. The second-order valence-corrected chi connectivity index (χ2v) is 7.20. The average molecular weight is 400 g/mol. The van der Waals surface area contributed by atoms with Gasteiger partial charge < -0.3 is 10.1 Å². The van der Waals surface area contributed by atoms with E-state index in [1.165, 1.54) is 0 Å². The van der Waals surface area contributed by atoms with Gasteiger partial charge in [-0.1, -0.05) is 48.5 Å². The minimum Gasteiger partial charge on any atom is -0.376 e. The Hall–Kier alpha value is -3.44. The van der Waals surface area contributed by atoms with Crippen molar-refractivity contribution in [2.24, 2.45) is 0 Å². The van der Waals surface area contributed by atoms with E-state index >= 15 is 0 Å². The van der Waals surface area contributed by atoms with E-state index in [1.807, 2.05) is 60.7 Å². The Morgan fingerprint density at radius 3 is 1.97 bits per heavy atom. The van der Waals surface area contributed by atoms with Crippen molar-refractivity contribution < 1.29 is 14.3 Å². The van der Waals surface area contributed by atoms with Crippen LogP contribution in [0.15, 0.2) is 84.9 Å². The quantitative estimate of drug-likeness (QED) is 0.659. The molecule has 0 radical (unpaired) electrons. The standard InChI is InChI=1S/C25H24N2O3/c28-24(26-18-21-14-9-17-30-21)22-15-7-8-16-23(22)25(29)27(19-10-3-1-4-11-19)20-12-5-2-6-13-20/h1-8,10-13,15-16,21H,9,14,17-18H2,(H,26,28)/t21-/m1/s1. The van der Waals surface area contributed by atoms with E-state index in [-0.39, 0.29) is 17.9 Å². The highest BCUT2D eigenvalue weighted by molar-refractivity contribution is 6.16. The first-order valence-corrected chi connectivity index (χ1v) is 10.2. The van der Waals surface area contributed by atoms with Gasteiger partial charge >= 0.3 is 0 Å². The number of hydrogen-bond donors (Lipinski definition) is 1. The summed E-state index contributed by atoms with van der Waals surface area (Å²) in [5.41, 5.74) is 2.19. The van der Waals surface area contributed by atoms with Crippen LogP contribution in [-0.4, -0.2) is 31.1 Å². The lowest BCUT2D eigenvalue weighted by Crippen LogP contribution is -2.34. The summed E-state index contributed by atoms with van der Waals surface area (Å²) in [5.74, 6) is -0.522. The van der Waals surface area contributed by atoms with Gasteiger partial charge in [-0.15, -0.1) is 0 Å². The third-order valence-electron chi connectivity index (χ3n) is 5.15. The molecule has 5 heteroatoms. The molecule has 1 N–H and O–H groups in total. The predicted octanol–water partition coefficient (Wildman–Crippen LogP) is 4.57. The van der Waals surface area contributed by atoms with Gasteiger partial charge in [0.15, 0.2) is 0 Å². The fraction of sp³-hybridized carbons (Fsp3) is 0.200. The SMILES string of the molecule is O=C(NC[C@H]1CCCO1)c1ccccc1C(=O)N(c1ccccc1)c1ccccc1. The Kier molecular flexibility index (Phi) is 6.20. The Bertz CT molecular complexity index is 960. The lowest BCUT2D eigenvalue weighted by Gasteiger charge is -2.24. The van der Waals surface area contributed by atoms with Crippen molar-refractivity contribution in [3.05, 3.63) is 96.1 Å². The smallest absolute Gasteiger partial charge is 0.263 e. The van der Waals surface area contributed by atoms with Crippen molar-refractivity contribution in [1.82, 2.24) is 5.32 Å². The van der Waals surface area contributed by atoms with Crippen LogP contribution in [0, 0.1) is 0 Å². The van der Waals surface area contributed by atoms with Crippen LogP contribution in [0.2, 0.25) is 0 Å². The Balaban J connectivity index is 1.64. The molecular weight excluding hydrogens is 376 g/mol. The number of amides is 2. The molecule has 0 unspecified atom stereocenters. The van der Waals surface area contributed by atoms with Gasteiger partial charge in [0, 0.05) is 24.5 Å². The molecule has 0 bridgehead atoms. The van der Waals surface area contributed by atoms with Crippen LogP contribution in [0.4, 0.5) is 11.4 Å². The van der Waals surface area contributed by atoms with E-state index in [9.17, 15) is 9.59 Å². The highest BCUT2D eigenvalue weighted by Gasteiger charge is 2.25. The second kappa shape index (κ2) is 9.37. The van der Waals surface area contributed by atoms with Crippen molar-refractivity contribution in [3.8, 4) is 0 Å². The number of ether oxygens (including phenoxy) is 1. The monoisotopic (exact) mass is 400 g/mol. The average Bonchev–Trinajstić information content (AvgIpc) is 3.33. The first kappa shape index (κ1) is 19.9.